The van der Waals surface area contributed by atoms with Gasteiger partial charge in [0.2, 0.25) is 5.91 Å². The van der Waals surface area contributed by atoms with Crippen LogP contribution < -0.4 is 10.6 Å². The summed E-state index contributed by atoms with van der Waals surface area (Å²) in [5.74, 6) is 0.0937. The standard InChI is InChI=1S/C11H21N3O/c1-3-9(4-2)14-11(15)10-6-5-8(12)7-13-10/h9-10,12-13H,3-7H2,1-2H3,(H,14,15)/t10-/m0/s1. The molecule has 4 heteroatoms. The van der Waals surface area contributed by atoms with Crippen LogP contribution in [0.1, 0.15) is 39.5 Å². The van der Waals surface area contributed by atoms with Crippen LogP contribution in [-0.4, -0.2) is 30.2 Å². The van der Waals surface area contributed by atoms with Gasteiger partial charge in [0.25, 0.3) is 0 Å². The van der Waals surface area contributed by atoms with Crippen LogP contribution in [0, 0.1) is 5.41 Å². The van der Waals surface area contributed by atoms with E-state index in [1.165, 1.54) is 0 Å². The van der Waals surface area contributed by atoms with Gasteiger partial charge in [-0.2, -0.15) is 0 Å². The van der Waals surface area contributed by atoms with E-state index in [-0.39, 0.29) is 11.9 Å². The summed E-state index contributed by atoms with van der Waals surface area (Å²) in [4.78, 5) is 11.8. The number of nitrogens with one attached hydrogen (secondary N) is 3. The van der Waals surface area contributed by atoms with Gasteiger partial charge in [0, 0.05) is 18.3 Å². The summed E-state index contributed by atoms with van der Waals surface area (Å²) >= 11 is 0. The molecule has 3 N–H and O–H groups in total. The highest BCUT2D eigenvalue weighted by Gasteiger charge is 2.23. The fourth-order valence-corrected chi connectivity index (χ4v) is 1.77. The topological polar surface area (TPSA) is 65.0 Å². The van der Waals surface area contributed by atoms with Gasteiger partial charge in [-0.15, -0.1) is 0 Å². The highest BCUT2D eigenvalue weighted by atomic mass is 16.2. The number of hydrogen-bond donors (Lipinski definition) is 3. The molecule has 0 aromatic heterocycles. The molecule has 1 rings (SSSR count). The number of hydrogen-bond acceptors (Lipinski definition) is 3. The van der Waals surface area contributed by atoms with Gasteiger partial charge in [0.15, 0.2) is 0 Å². The van der Waals surface area contributed by atoms with Crippen molar-refractivity contribution in [2.75, 3.05) is 6.54 Å². The van der Waals surface area contributed by atoms with Gasteiger partial charge >= 0.3 is 0 Å². The van der Waals surface area contributed by atoms with Crippen LogP contribution in [0.25, 0.3) is 0 Å². The number of carbonyl (C=O) groups excluding carboxylic acids is 1. The third kappa shape index (κ3) is 3.63. The first-order valence-corrected chi connectivity index (χ1v) is 5.77. The fourth-order valence-electron chi connectivity index (χ4n) is 1.77. The van der Waals surface area contributed by atoms with Crippen molar-refractivity contribution in [1.29, 1.82) is 5.41 Å². The van der Waals surface area contributed by atoms with E-state index >= 15 is 0 Å². The van der Waals surface area contributed by atoms with Crippen molar-refractivity contribution >= 4 is 11.6 Å². The van der Waals surface area contributed by atoms with Crippen LogP contribution in [0.5, 0.6) is 0 Å². The third-order valence-corrected chi connectivity index (χ3v) is 2.95. The molecule has 0 aromatic rings. The number of amides is 1. The van der Waals surface area contributed by atoms with Crippen LogP contribution in [0.15, 0.2) is 0 Å². The van der Waals surface area contributed by atoms with E-state index in [1.54, 1.807) is 0 Å². The lowest BCUT2D eigenvalue weighted by Crippen LogP contribution is -2.51. The monoisotopic (exact) mass is 211 g/mol. The Morgan fingerprint density at radius 3 is 2.73 bits per heavy atom. The Hall–Kier alpha value is -0.900. The second-order valence-electron chi connectivity index (χ2n) is 4.10. The second-order valence-corrected chi connectivity index (χ2v) is 4.10. The van der Waals surface area contributed by atoms with Crippen molar-refractivity contribution in [1.82, 2.24) is 10.6 Å². The summed E-state index contributed by atoms with van der Waals surface area (Å²) < 4.78 is 0. The van der Waals surface area contributed by atoms with Crippen LogP contribution in [0.4, 0.5) is 0 Å². The quantitative estimate of drug-likeness (QED) is 0.651. The first-order chi connectivity index (χ1) is 7.17. The summed E-state index contributed by atoms with van der Waals surface area (Å²) in [6, 6.07) is 0.195. The third-order valence-electron chi connectivity index (χ3n) is 2.95. The first kappa shape index (κ1) is 12.2. The van der Waals surface area contributed by atoms with Gasteiger partial charge in [-0.05, 0) is 25.7 Å². The molecule has 4 nitrogen and oxygen atoms in total. The largest absolute Gasteiger partial charge is 0.352 e. The zero-order valence-electron chi connectivity index (χ0n) is 9.60. The van der Waals surface area contributed by atoms with E-state index in [0.717, 1.165) is 25.7 Å². The zero-order chi connectivity index (χ0) is 11.3. The van der Waals surface area contributed by atoms with Gasteiger partial charge in [-0.1, -0.05) is 13.8 Å². The molecule has 1 amide bonds. The van der Waals surface area contributed by atoms with Crippen molar-refractivity contribution in [3.05, 3.63) is 0 Å². The normalized spacial score (nSPS) is 21.8. The summed E-state index contributed by atoms with van der Waals surface area (Å²) in [7, 11) is 0. The van der Waals surface area contributed by atoms with Crippen molar-refractivity contribution in [3.63, 3.8) is 0 Å². The fraction of sp³-hybridized carbons (Fsp3) is 0.818. The summed E-state index contributed by atoms with van der Waals surface area (Å²) in [6.45, 7) is 4.72. The molecule has 1 heterocycles. The first-order valence-electron chi connectivity index (χ1n) is 5.77. The van der Waals surface area contributed by atoms with Gasteiger partial charge in [-0.25, -0.2) is 0 Å². The van der Waals surface area contributed by atoms with Crippen LogP contribution in [0.2, 0.25) is 0 Å². The Bertz CT molecular complexity index is 226. The summed E-state index contributed by atoms with van der Waals surface area (Å²) in [5.41, 5.74) is 0.696. The van der Waals surface area contributed by atoms with Crippen molar-refractivity contribution in [2.45, 2.75) is 51.6 Å². The molecular formula is C11H21N3O. The Morgan fingerprint density at radius 2 is 2.27 bits per heavy atom. The molecule has 1 aliphatic heterocycles. The van der Waals surface area contributed by atoms with Gasteiger partial charge < -0.3 is 16.0 Å². The molecule has 1 saturated heterocycles. The smallest absolute Gasteiger partial charge is 0.237 e. The molecular weight excluding hydrogens is 190 g/mol. The van der Waals surface area contributed by atoms with E-state index in [4.69, 9.17) is 5.41 Å². The molecule has 86 valence electrons. The average Bonchev–Trinajstić information content (AvgIpc) is 2.26. The van der Waals surface area contributed by atoms with Gasteiger partial charge in [0.05, 0.1) is 6.04 Å². The Balaban J connectivity index is 2.36. The van der Waals surface area contributed by atoms with Crippen molar-refractivity contribution in [3.8, 4) is 0 Å². The molecule has 0 unspecified atom stereocenters. The van der Waals surface area contributed by atoms with Gasteiger partial charge in [-0.3, -0.25) is 4.79 Å². The maximum Gasteiger partial charge on any atom is 0.237 e. The number of rotatable bonds is 4. The SMILES string of the molecule is CCC(CC)NC(=O)[C@@H]1CCC(=N)CN1. The molecule has 15 heavy (non-hydrogen) atoms. The van der Waals surface area contributed by atoms with E-state index in [0.29, 0.717) is 18.3 Å². The Morgan fingerprint density at radius 1 is 1.60 bits per heavy atom. The maximum absolute atomic E-state index is 11.8. The van der Waals surface area contributed by atoms with Crippen LogP contribution in [-0.2, 0) is 4.79 Å². The highest BCUT2D eigenvalue weighted by molar-refractivity contribution is 5.88. The van der Waals surface area contributed by atoms with Crippen LogP contribution >= 0.6 is 0 Å². The summed E-state index contributed by atoms with van der Waals surface area (Å²) in [6.07, 6.45) is 3.45. The minimum Gasteiger partial charge on any atom is -0.352 e. The summed E-state index contributed by atoms with van der Waals surface area (Å²) in [5, 5.41) is 13.6. The zero-order valence-corrected chi connectivity index (χ0v) is 9.60. The molecule has 0 spiro atoms. The Labute approximate surface area is 91.3 Å². The molecule has 1 aliphatic rings. The van der Waals surface area contributed by atoms with E-state index in [1.807, 2.05) is 0 Å². The van der Waals surface area contributed by atoms with Crippen molar-refractivity contribution < 1.29 is 4.79 Å². The van der Waals surface area contributed by atoms with E-state index < -0.39 is 0 Å². The molecule has 0 saturated carbocycles. The molecule has 0 bridgehead atoms. The minimum absolute atomic E-state index is 0.0937. The maximum atomic E-state index is 11.8. The highest BCUT2D eigenvalue weighted by Crippen LogP contribution is 2.06. The molecule has 1 fully saturated rings. The minimum atomic E-state index is -0.0975. The predicted molar refractivity (Wildman–Crippen MR) is 61.3 cm³/mol. The van der Waals surface area contributed by atoms with Gasteiger partial charge in [0.1, 0.15) is 0 Å². The van der Waals surface area contributed by atoms with Crippen LogP contribution in [0.3, 0.4) is 0 Å². The average molecular weight is 211 g/mol. The second kappa shape index (κ2) is 5.85. The van der Waals surface area contributed by atoms with E-state index in [2.05, 4.69) is 24.5 Å². The lowest BCUT2D eigenvalue weighted by molar-refractivity contribution is -0.124. The molecule has 1 atom stereocenters. The number of piperidine rings is 1. The van der Waals surface area contributed by atoms with E-state index in [9.17, 15) is 4.79 Å². The van der Waals surface area contributed by atoms with Crippen molar-refractivity contribution in [2.24, 2.45) is 0 Å². The number of carbonyl (C=O) groups is 1. The molecule has 0 radical (unpaired) electrons. The Kier molecular flexibility index (Phi) is 4.75. The predicted octanol–water partition coefficient (Wildman–Crippen LogP) is 1.06. The lowest BCUT2D eigenvalue weighted by Gasteiger charge is -2.25. The lowest BCUT2D eigenvalue weighted by atomic mass is 10.0. The molecule has 0 aliphatic carbocycles. The molecule has 0 aromatic carbocycles.